The quantitative estimate of drug-likeness (QED) is 0.281. The maximum absolute atomic E-state index is 16.5. The first-order valence-electron chi connectivity index (χ1n) is 12.9. The Morgan fingerprint density at radius 1 is 0.850 bits per heavy atom. The number of carbonyl (C=O) groups is 4. The number of ether oxygens (including phenoxy) is 5. The number of halogens is 1. The molecule has 0 aromatic carbocycles. The van der Waals surface area contributed by atoms with Crippen molar-refractivity contribution in [3.05, 3.63) is 33.1 Å². The van der Waals surface area contributed by atoms with Gasteiger partial charge in [0.05, 0.1) is 23.7 Å². The second-order valence-corrected chi connectivity index (χ2v) is 10.6. The van der Waals surface area contributed by atoms with E-state index in [-0.39, 0.29) is 0 Å². The van der Waals surface area contributed by atoms with Gasteiger partial charge in [0.25, 0.3) is 11.4 Å². The third-order valence-electron chi connectivity index (χ3n) is 5.82. The number of alkyl halides is 1. The highest BCUT2D eigenvalue weighted by Crippen LogP contribution is 2.42. The van der Waals surface area contributed by atoms with E-state index in [9.17, 15) is 28.8 Å². The van der Waals surface area contributed by atoms with Gasteiger partial charge >= 0.3 is 29.6 Å². The zero-order valence-electron chi connectivity index (χ0n) is 23.9. The van der Waals surface area contributed by atoms with Crippen molar-refractivity contribution in [3.8, 4) is 0 Å². The van der Waals surface area contributed by atoms with Gasteiger partial charge in [-0.15, -0.1) is 0 Å². The van der Waals surface area contributed by atoms with Crippen molar-refractivity contribution >= 4 is 23.9 Å². The van der Waals surface area contributed by atoms with Gasteiger partial charge in [0, 0.05) is 12.3 Å². The van der Waals surface area contributed by atoms with Gasteiger partial charge in [-0.3, -0.25) is 28.5 Å². The summed E-state index contributed by atoms with van der Waals surface area (Å²) >= 11 is 0. The predicted molar refractivity (Wildman–Crippen MR) is 135 cm³/mol. The van der Waals surface area contributed by atoms with Crippen LogP contribution in [0, 0.1) is 23.7 Å². The lowest BCUT2D eigenvalue weighted by molar-refractivity contribution is -0.226. The number of aromatic nitrogens is 2. The Labute approximate surface area is 230 Å². The first kappa shape index (κ1) is 32.7. The molecule has 1 aromatic rings. The lowest BCUT2D eigenvalue weighted by atomic mass is 10.1. The molecule has 40 heavy (non-hydrogen) atoms. The van der Waals surface area contributed by atoms with Gasteiger partial charge in [-0.1, -0.05) is 55.4 Å². The summed E-state index contributed by atoms with van der Waals surface area (Å²) < 4.78 is 44.2. The van der Waals surface area contributed by atoms with Gasteiger partial charge in [-0.25, -0.2) is 13.8 Å². The molecule has 1 aromatic heterocycles. The molecule has 1 fully saturated rings. The molecular formula is C26H37FN2O11. The Morgan fingerprint density at radius 2 is 1.35 bits per heavy atom. The monoisotopic (exact) mass is 572 g/mol. The van der Waals surface area contributed by atoms with Crippen LogP contribution < -0.4 is 11.2 Å². The summed E-state index contributed by atoms with van der Waals surface area (Å²) in [5, 5.41) is 0. The van der Waals surface area contributed by atoms with Crippen LogP contribution in [0.1, 0.15) is 61.6 Å². The average Bonchev–Trinajstić information content (AvgIpc) is 3.12. The standard InChI is InChI=1S/C26H37FN2O11/c1-13(2)21(31)36-11-26(27)19(39-24(34)16(7)8)18(38-23(33)15(5)6)20(40-26)28-10-9-17(30)29(25(28)35)12-37-22(32)14(3)4/h9-10,13-16,18-20H,11-12H2,1-8H3/t18-,19+,20-,26-/m1/s1. The minimum Gasteiger partial charge on any atom is -0.459 e. The molecule has 2 heterocycles. The van der Waals surface area contributed by atoms with Gasteiger partial charge in [-0.05, 0) is 0 Å². The van der Waals surface area contributed by atoms with Gasteiger partial charge in [0.15, 0.2) is 25.7 Å². The molecule has 0 radical (unpaired) electrons. The maximum atomic E-state index is 16.5. The molecule has 224 valence electrons. The van der Waals surface area contributed by atoms with Crippen molar-refractivity contribution in [2.45, 2.75) is 86.4 Å². The molecule has 1 aliphatic rings. The zero-order chi connectivity index (χ0) is 30.5. The molecule has 0 spiro atoms. The van der Waals surface area contributed by atoms with Crippen LogP contribution in [-0.2, 0) is 49.6 Å². The van der Waals surface area contributed by atoms with Crippen molar-refractivity contribution in [1.82, 2.24) is 9.13 Å². The van der Waals surface area contributed by atoms with Gasteiger partial charge in [0.2, 0.25) is 6.10 Å². The van der Waals surface area contributed by atoms with Crippen LogP contribution in [0.5, 0.6) is 0 Å². The highest BCUT2D eigenvalue weighted by molar-refractivity contribution is 5.73. The second-order valence-electron chi connectivity index (χ2n) is 10.6. The van der Waals surface area contributed by atoms with Crippen molar-refractivity contribution < 1.29 is 47.3 Å². The molecule has 1 saturated heterocycles. The average molecular weight is 573 g/mol. The maximum Gasteiger partial charge on any atom is 0.336 e. The summed E-state index contributed by atoms with van der Waals surface area (Å²) in [6, 6.07) is 0.932. The molecule has 0 amide bonds. The molecule has 2 rings (SSSR count). The van der Waals surface area contributed by atoms with E-state index < -0.39 is 96.4 Å². The first-order chi connectivity index (χ1) is 18.5. The fraction of sp³-hybridized carbons (Fsp3) is 0.692. The molecule has 4 atom stereocenters. The summed E-state index contributed by atoms with van der Waals surface area (Å²) in [6.45, 7) is 10.3. The largest absolute Gasteiger partial charge is 0.459 e. The van der Waals surface area contributed by atoms with Crippen molar-refractivity contribution in [2.24, 2.45) is 23.7 Å². The minimum absolute atomic E-state index is 0.545. The summed E-state index contributed by atoms with van der Waals surface area (Å²) in [5.74, 6) is -8.87. The summed E-state index contributed by atoms with van der Waals surface area (Å²) in [5.41, 5.74) is -1.94. The molecule has 0 aliphatic carbocycles. The van der Waals surface area contributed by atoms with Crippen LogP contribution in [0.2, 0.25) is 0 Å². The number of rotatable bonds is 11. The van der Waals surface area contributed by atoms with E-state index in [1.807, 2.05) is 0 Å². The third kappa shape index (κ3) is 7.55. The number of nitrogens with zero attached hydrogens (tertiary/aromatic N) is 2. The van der Waals surface area contributed by atoms with Crippen molar-refractivity contribution in [2.75, 3.05) is 6.61 Å². The van der Waals surface area contributed by atoms with Crippen molar-refractivity contribution in [3.63, 3.8) is 0 Å². The van der Waals surface area contributed by atoms with E-state index >= 15 is 4.39 Å². The van der Waals surface area contributed by atoms with E-state index in [0.29, 0.717) is 4.57 Å². The van der Waals surface area contributed by atoms with Gasteiger partial charge in [-0.2, -0.15) is 0 Å². The van der Waals surface area contributed by atoms with Crippen LogP contribution in [0.4, 0.5) is 4.39 Å². The Morgan fingerprint density at radius 3 is 1.88 bits per heavy atom. The number of hydrogen-bond acceptors (Lipinski definition) is 11. The molecule has 1 aliphatic heterocycles. The summed E-state index contributed by atoms with van der Waals surface area (Å²) in [7, 11) is 0. The molecule has 0 saturated carbocycles. The van der Waals surface area contributed by atoms with E-state index in [1.54, 1.807) is 13.8 Å². The SMILES string of the molecule is CC(C)C(=O)OCn1c(=O)ccn([C@@H]2O[C@](F)(COC(=O)C(C)C)[C@@H](OC(=O)C(C)C)[C@H]2OC(=O)C(C)C)c1=O. The van der Waals surface area contributed by atoms with E-state index in [2.05, 4.69) is 0 Å². The Kier molecular flexibility index (Phi) is 10.8. The van der Waals surface area contributed by atoms with Crippen LogP contribution in [0.15, 0.2) is 21.9 Å². The van der Waals surface area contributed by atoms with Gasteiger partial charge < -0.3 is 23.7 Å². The lowest BCUT2D eigenvalue weighted by Gasteiger charge is -2.28. The number of carbonyl (C=O) groups excluding carboxylic acids is 4. The molecule has 0 N–H and O–H groups in total. The van der Waals surface area contributed by atoms with E-state index in [1.165, 1.54) is 41.5 Å². The number of hydrogen-bond donors (Lipinski definition) is 0. The fourth-order valence-corrected chi connectivity index (χ4v) is 3.34. The van der Waals surface area contributed by atoms with Crippen LogP contribution in [0.3, 0.4) is 0 Å². The molecule has 13 nitrogen and oxygen atoms in total. The normalized spacial score (nSPS) is 22.6. The molecular weight excluding hydrogens is 535 g/mol. The highest BCUT2D eigenvalue weighted by atomic mass is 19.2. The Bertz CT molecular complexity index is 1220. The predicted octanol–water partition coefficient (Wildman–Crippen LogP) is 1.70. The molecule has 0 bridgehead atoms. The smallest absolute Gasteiger partial charge is 0.336 e. The van der Waals surface area contributed by atoms with Crippen LogP contribution in [0.25, 0.3) is 0 Å². The minimum atomic E-state index is -3.06. The second kappa shape index (κ2) is 13.2. The van der Waals surface area contributed by atoms with E-state index in [4.69, 9.17) is 23.7 Å². The topological polar surface area (TPSA) is 158 Å². The van der Waals surface area contributed by atoms with E-state index in [0.717, 1.165) is 16.8 Å². The van der Waals surface area contributed by atoms with Crippen molar-refractivity contribution in [1.29, 1.82) is 0 Å². The summed E-state index contributed by atoms with van der Waals surface area (Å²) in [6.07, 6.45) is -4.53. The summed E-state index contributed by atoms with van der Waals surface area (Å²) in [4.78, 5) is 75.0. The van der Waals surface area contributed by atoms with Gasteiger partial charge in [0.1, 0.15) is 0 Å². The van der Waals surface area contributed by atoms with Crippen LogP contribution in [-0.4, -0.2) is 57.7 Å². The first-order valence-corrected chi connectivity index (χ1v) is 12.9. The zero-order valence-corrected chi connectivity index (χ0v) is 23.9. The molecule has 14 heteroatoms. The highest BCUT2D eigenvalue weighted by Gasteiger charge is 2.62. The number of esters is 4. The molecule has 0 unspecified atom stereocenters. The fourth-order valence-electron chi connectivity index (χ4n) is 3.34. The van der Waals surface area contributed by atoms with Crippen LogP contribution >= 0.6 is 0 Å². The Hall–Kier alpha value is -3.55. The Balaban J connectivity index is 2.64. The third-order valence-corrected chi connectivity index (χ3v) is 5.82. The lowest BCUT2D eigenvalue weighted by Crippen LogP contribution is -2.49.